The maximum absolute atomic E-state index is 12.9. The van der Waals surface area contributed by atoms with Crippen molar-refractivity contribution in [2.24, 2.45) is 5.92 Å². The van der Waals surface area contributed by atoms with Crippen molar-refractivity contribution < 1.29 is 9.18 Å². The van der Waals surface area contributed by atoms with E-state index < -0.39 is 0 Å². The third-order valence-electron chi connectivity index (χ3n) is 2.95. The zero-order valence-electron chi connectivity index (χ0n) is 12.8. The Labute approximate surface area is 138 Å². The zero-order chi connectivity index (χ0) is 16.1. The van der Waals surface area contributed by atoms with Gasteiger partial charge < -0.3 is 5.32 Å². The van der Waals surface area contributed by atoms with Crippen LogP contribution in [0, 0.1) is 11.7 Å². The molecule has 1 heterocycles. The molecule has 0 saturated carbocycles. The number of hydrogen-bond donors (Lipinski definition) is 1. The van der Waals surface area contributed by atoms with Crippen molar-refractivity contribution >= 4 is 29.0 Å². The predicted molar refractivity (Wildman–Crippen MR) is 90.7 cm³/mol. The van der Waals surface area contributed by atoms with Crippen LogP contribution in [0.1, 0.15) is 20.8 Å². The lowest BCUT2D eigenvalue weighted by molar-refractivity contribution is -0.120. The maximum atomic E-state index is 12.9. The van der Waals surface area contributed by atoms with E-state index in [-0.39, 0.29) is 17.0 Å². The Hall–Kier alpha value is -1.40. The summed E-state index contributed by atoms with van der Waals surface area (Å²) in [6.45, 7) is 6.68. The molecule has 1 aromatic heterocycles. The smallest absolute Gasteiger partial charge is 0.233 e. The standard InChI is InChI=1S/C16H19FN2OS2/c1-10(2)8-18-15(20)11(3)22-16-19-14(9-21-16)12-4-6-13(17)7-5-12/h4-7,9-11H,8H2,1-3H3,(H,18,20). The van der Waals surface area contributed by atoms with E-state index in [1.54, 1.807) is 12.1 Å². The Kier molecular flexibility index (Phi) is 5.97. The molecular formula is C16H19FN2OS2. The van der Waals surface area contributed by atoms with E-state index in [0.717, 1.165) is 15.6 Å². The molecule has 0 fully saturated rings. The minimum Gasteiger partial charge on any atom is -0.355 e. The SMILES string of the molecule is CC(C)CNC(=O)C(C)Sc1nc(-c2ccc(F)cc2)cs1. The van der Waals surface area contributed by atoms with E-state index in [1.165, 1.54) is 35.2 Å². The number of nitrogens with zero attached hydrogens (tertiary/aromatic N) is 1. The van der Waals surface area contributed by atoms with Crippen molar-refractivity contribution in [3.63, 3.8) is 0 Å². The molecule has 0 radical (unpaired) electrons. The molecule has 0 aliphatic rings. The first-order valence-electron chi connectivity index (χ1n) is 7.11. The summed E-state index contributed by atoms with van der Waals surface area (Å²) >= 11 is 2.94. The maximum Gasteiger partial charge on any atom is 0.233 e. The van der Waals surface area contributed by atoms with Crippen LogP contribution in [0.3, 0.4) is 0 Å². The van der Waals surface area contributed by atoms with Gasteiger partial charge in [-0.3, -0.25) is 4.79 Å². The summed E-state index contributed by atoms with van der Waals surface area (Å²) in [5.41, 5.74) is 1.68. The zero-order valence-corrected chi connectivity index (χ0v) is 14.4. The van der Waals surface area contributed by atoms with E-state index in [9.17, 15) is 9.18 Å². The number of amides is 1. The summed E-state index contributed by atoms with van der Waals surface area (Å²) in [7, 11) is 0. The molecule has 1 unspecified atom stereocenters. The number of thiazole rings is 1. The first kappa shape index (κ1) is 17.0. The van der Waals surface area contributed by atoms with E-state index in [4.69, 9.17) is 0 Å². The number of hydrogen-bond acceptors (Lipinski definition) is 4. The molecule has 0 aliphatic heterocycles. The van der Waals surface area contributed by atoms with Gasteiger partial charge in [0.2, 0.25) is 5.91 Å². The average molecular weight is 338 g/mol. The minimum atomic E-state index is -0.260. The molecule has 0 bridgehead atoms. The molecule has 118 valence electrons. The van der Waals surface area contributed by atoms with E-state index in [0.29, 0.717) is 12.5 Å². The molecule has 2 aromatic rings. The van der Waals surface area contributed by atoms with Crippen LogP contribution in [0.4, 0.5) is 4.39 Å². The fraction of sp³-hybridized carbons (Fsp3) is 0.375. The molecular weight excluding hydrogens is 319 g/mol. The summed E-state index contributed by atoms with van der Waals surface area (Å²) < 4.78 is 13.8. The third-order valence-corrected chi connectivity index (χ3v) is 5.03. The van der Waals surface area contributed by atoms with Gasteiger partial charge >= 0.3 is 0 Å². The number of thioether (sulfide) groups is 1. The Morgan fingerprint density at radius 1 is 1.32 bits per heavy atom. The number of aromatic nitrogens is 1. The van der Waals surface area contributed by atoms with Gasteiger partial charge in [0.1, 0.15) is 5.82 Å². The summed E-state index contributed by atoms with van der Waals surface area (Å²) in [4.78, 5) is 16.5. The molecule has 2 rings (SSSR count). The first-order chi connectivity index (χ1) is 10.5. The van der Waals surface area contributed by atoms with Gasteiger partial charge in [-0.1, -0.05) is 25.6 Å². The van der Waals surface area contributed by atoms with E-state index in [2.05, 4.69) is 24.1 Å². The highest BCUT2D eigenvalue weighted by Crippen LogP contribution is 2.30. The summed E-state index contributed by atoms with van der Waals surface area (Å²) in [6.07, 6.45) is 0. The molecule has 1 amide bonds. The number of nitrogens with one attached hydrogen (secondary N) is 1. The lowest BCUT2D eigenvalue weighted by Gasteiger charge is -2.11. The van der Waals surface area contributed by atoms with Crippen molar-refractivity contribution in [1.29, 1.82) is 0 Å². The van der Waals surface area contributed by atoms with Gasteiger partial charge in [0.15, 0.2) is 4.34 Å². The third kappa shape index (κ3) is 4.81. The Balaban J connectivity index is 1.96. The van der Waals surface area contributed by atoms with Crippen LogP contribution in [0.5, 0.6) is 0 Å². The molecule has 1 atom stereocenters. The molecule has 0 spiro atoms. The second kappa shape index (κ2) is 7.74. The number of carbonyl (C=O) groups excluding carboxylic acids is 1. The normalized spacial score (nSPS) is 12.4. The lowest BCUT2D eigenvalue weighted by Crippen LogP contribution is -2.33. The number of benzene rings is 1. The minimum absolute atomic E-state index is 0.0252. The highest BCUT2D eigenvalue weighted by atomic mass is 32.2. The van der Waals surface area contributed by atoms with Crippen LogP contribution in [0.25, 0.3) is 11.3 Å². The van der Waals surface area contributed by atoms with Gasteiger partial charge in [0.05, 0.1) is 10.9 Å². The molecule has 3 nitrogen and oxygen atoms in total. The Morgan fingerprint density at radius 3 is 2.64 bits per heavy atom. The lowest BCUT2D eigenvalue weighted by atomic mass is 10.2. The van der Waals surface area contributed by atoms with Crippen LogP contribution in [-0.2, 0) is 4.79 Å². The summed E-state index contributed by atoms with van der Waals surface area (Å²) in [6, 6.07) is 6.25. The predicted octanol–water partition coefficient (Wildman–Crippen LogP) is 4.20. The second-order valence-electron chi connectivity index (χ2n) is 5.40. The molecule has 1 aromatic carbocycles. The van der Waals surface area contributed by atoms with Gasteiger partial charge in [0.25, 0.3) is 0 Å². The van der Waals surface area contributed by atoms with Gasteiger partial charge in [-0.05, 0) is 37.1 Å². The van der Waals surface area contributed by atoms with Crippen LogP contribution >= 0.6 is 23.1 Å². The second-order valence-corrected chi connectivity index (χ2v) is 7.85. The van der Waals surface area contributed by atoms with Crippen molar-refractivity contribution in [3.8, 4) is 11.3 Å². The van der Waals surface area contributed by atoms with Gasteiger partial charge in [-0.2, -0.15) is 0 Å². The van der Waals surface area contributed by atoms with Crippen LogP contribution in [0.15, 0.2) is 34.0 Å². The van der Waals surface area contributed by atoms with Crippen molar-refractivity contribution in [1.82, 2.24) is 10.3 Å². The topological polar surface area (TPSA) is 42.0 Å². The van der Waals surface area contributed by atoms with Crippen molar-refractivity contribution in [2.45, 2.75) is 30.4 Å². The summed E-state index contributed by atoms with van der Waals surface area (Å²) in [5.74, 6) is 0.201. The van der Waals surface area contributed by atoms with Crippen molar-refractivity contribution in [3.05, 3.63) is 35.5 Å². The molecule has 6 heteroatoms. The number of rotatable bonds is 6. The quantitative estimate of drug-likeness (QED) is 0.803. The highest BCUT2D eigenvalue weighted by molar-refractivity contribution is 8.02. The van der Waals surface area contributed by atoms with E-state index in [1.807, 2.05) is 12.3 Å². The van der Waals surface area contributed by atoms with Crippen LogP contribution in [-0.4, -0.2) is 22.7 Å². The number of carbonyl (C=O) groups is 1. The van der Waals surface area contributed by atoms with Gasteiger partial charge in [-0.25, -0.2) is 9.37 Å². The highest BCUT2D eigenvalue weighted by Gasteiger charge is 2.16. The van der Waals surface area contributed by atoms with E-state index >= 15 is 0 Å². The molecule has 1 N–H and O–H groups in total. The first-order valence-corrected chi connectivity index (χ1v) is 8.87. The molecule has 0 aliphatic carbocycles. The largest absolute Gasteiger partial charge is 0.355 e. The fourth-order valence-corrected chi connectivity index (χ4v) is 3.71. The van der Waals surface area contributed by atoms with Crippen LogP contribution < -0.4 is 5.32 Å². The average Bonchev–Trinajstić information content (AvgIpc) is 2.93. The monoisotopic (exact) mass is 338 g/mol. The summed E-state index contributed by atoms with van der Waals surface area (Å²) in [5, 5.41) is 4.66. The Morgan fingerprint density at radius 2 is 2.00 bits per heavy atom. The van der Waals surface area contributed by atoms with Crippen molar-refractivity contribution in [2.75, 3.05) is 6.54 Å². The van der Waals surface area contributed by atoms with Gasteiger partial charge in [-0.15, -0.1) is 11.3 Å². The fourth-order valence-electron chi connectivity index (χ4n) is 1.72. The molecule has 22 heavy (non-hydrogen) atoms. The number of halogens is 1. The van der Waals surface area contributed by atoms with Gasteiger partial charge in [0, 0.05) is 17.5 Å². The Bertz CT molecular complexity index is 625. The molecule has 0 saturated heterocycles. The van der Waals surface area contributed by atoms with Crippen LogP contribution in [0.2, 0.25) is 0 Å².